The first-order chi connectivity index (χ1) is 5.05. The van der Waals surface area contributed by atoms with Gasteiger partial charge in [-0.1, -0.05) is 20.8 Å². The highest BCUT2D eigenvalue weighted by atomic mass is 16.1. The van der Waals surface area contributed by atoms with Crippen molar-refractivity contribution in [1.82, 2.24) is 4.98 Å². The summed E-state index contributed by atoms with van der Waals surface area (Å²) in [5.74, 6) is 0. The molecule has 0 spiro atoms. The van der Waals surface area contributed by atoms with Crippen LogP contribution in [0.3, 0.4) is 0 Å². The monoisotopic (exact) mass is 151 g/mol. The van der Waals surface area contributed by atoms with Gasteiger partial charge in [0.2, 0.25) is 0 Å². The molecule has 0 unspecified atom stereocenters. The lowest BCUT2D eigenvalue weighted by atomic mass is 9.87. The molecule has 1 N–H and O–H groups in total. The minimum absolute atomic E-state index is 0.0518. The van der Waals surface area contributed by atoms with E-state index in [-0.39, 0.29) is 5.41 Å². The van der Waals surface area contributed by atoms with Crippen LogP contribution in [0.4, 0.5) is 0 Å². The average molecular weight is 151 g/mol. The molecule has 0 aliphatic carbocycles. The van der Waals surface area contributed by atoms with Crippen LogP contribution in [0.1, 0.15) is 36.8 Å². The van der Waals surface area contributed by atoms with Gasteiger partial charge >= 0.3 is 0 Å². The van der Waals surface area contributed by atoms with Gasteiger partial charge in [-0.3, -0.25) is 4.79 Å². The lowest BCUT2D eigenvalue weighted by molar-refractivity contribution is 0.111. The Balaban J connectivity index is 3.12. The quantitative estimate of drug-likeness (QED) is 0.613. The van der Waals surface area contributed by atoms with E-state index in [0.29, 0.717) is 5.69 Å². The summed E-state index contributed by atoms with van der Waals surface area (Å²) in [7, 11) is 0. The molecule has 2 heteroatoms. The molecule has 1 heterocycles. The Bertz CT molecular complexity index is 255. The standard InChI is InChI=1S/C9H13NO/c1-9(2,3)7-4-5-10-8(7)6-11/h4-6,10H,1-3H3. The number of rotatable bonds is 1. The van der Waals surface area contributed by atoms with Crippen molar-refractivity contribution in [2.75, 3.05) is 0 Å². The fourth-order valence-electron chi connectivity index (χ4n) is 1.13. The second-order valence-electron chi connectivity index (χ2n) is 3.67. The first-order valence-corrected chi connectivity index (χ1v) is 3.69. The summed E-state index contributed by atoms with van der Waals surface area (Å²) in [6, 6.07) is 1.95. The SMILES string of the molecule is CC(C)(C)c1cc[nH]c1C=O. The second-order valence-corrected chi connectivity index (χ2v) is 3.67. The molecule has 0 aromatic carbocycles. The van der Waals surface area contributed by atoms with E-state index < -0.39 is 0 Å². The molecular weight excluding hydrogens is 138 g/mol. The zero-order chi connectivity index (χ0) is 8.48. The number of nitrogens with one attached hydrogen (secondary N) is 1. The van der Waals surface area contributed by atoms with Crippen LogP contribution in [0.25, 0.3) is 0 Å². The molecule has 60 valence electrons. The highest BCUT2D eigenvalue weighted by Gasteiger charge is 2.17. The highest BCUT2D eigenvalue weighted by Crippen LogP contribution is 2.23. The maximum Gasteiger partial charge on any atom is 0.166 e. The van der Waals surface area contributed by atoms with Crippen LogP contribution < -0.4 is 0 Å². The lowest BCUT2D eigenvalue weighted by Gasteiger charge is -2.17. The number of aldehydes is 1. The number of carbonyl (C=O) groups is 1. The highest BCUT2D eigenvalue weighted by molar-refractivity contribution is 5.75. The Labute approximate surface area is 66.6 Å². The van der Waals surface area contributed by atoms with Crippen LogP contribution in [0.15, 0.2) is 12.3 Å². The summed E-state index contributed by atoms with van der Waals surface area (Å²) in [4.78, 5) is 13.4. The predicted octanol–water partition coefficient (Wildman–Crippen LogP) is 2.12. The van der Waals surface area contributed by atoms with Crippen LogP contribution in [-0.2, 0) is 5.41 Å². The van der Waals surface area contributed by atoms with Gasteiger partial charge in [-0.2, -0.15) is 0 Å². The Morgan fingerprint density at radius 1 is 1.45 bits per heavy atom. The summed E-state index contributed by atoms with van der Waals surface area (Å²) >= 11 is 0. The minimum atomic E-state index is 0.0518. The van der Waals surface area contributed by atoms with Gasteiger partial charge in [-0.05, 0) is 17.0 Å². The minimum Gasteiger partial charge on any atom is -0.359 e. The molecular formula is C9H13NO. The van der Waals surface area contributed by atoms with Crippen molar-refractivity contribution in [3.8, 4) is 0 Å². The van der Waals surface area contributed by atoms with Gasteiger partial charge in [-0.25, -0.2) is 0 Å². The topological polar surface area (TPSA) is 32.9 Å². The predicted molar refractivity (Wildman–Crippen MR) is 44.9 cm³/mol. The van der Waals surface area contributed by atoms with Crippen molar-refractivity contribution >= 4 is 6.29 Å². The second kappa shape index (κ2) is 2.53. The third kappa shape index (κ3) is 1.50. The Hall–Kier alpha value is -1.05. The molecule has 0 aliphatic rings. The molecule has 0 atom stereocenters. The molecule has 0 fully saturated rings. The summed E-state index contributed by atoms with van der Waals surface area (Å²) in [6.45, 7) is 6.26. The first-order valence-electron chi connectivity index (χ1n) is 3.69. The molecule has 0 aliphatic heterocycles. The largest absolute Gasteiger partial charge is 0.359 e. The molecule has 0 bridgehead atoms. The molecule has 0 saturated heterocycles. The molecule has 0 amide bonds. The third-order valence-corrected chi connectivity index (χ3v) is 1.70. The first kappa shape index (κ1) is 8.05. The smallest absolute Gasteiger partial charge is 0.166 e. The average Bonchev–Trinajstić information content (AvgIpc) is 2.31. The number of H-pyrrole nitrogens is 1. The Morgan fingerprint density at radius 2 is 2.09 bits per heavy atom. The Morgan fingerprint density at radius 3 is 2.45 bits per heavy atom. The van der Waals surface area contributed by atoms with Gasteiger partial charge in [0, 0.05) is 6.20 Å². The van der Waals surface area contributed by atoms with Crippen molar-refractivity contribution in [3.63, 3.8) is 0 Å². The number of hydrogen-bond donors (Lipinski definition) is 1. The normalized spacial score (nSPS) is 11.5. The number of carbonyl (C=O) groups excluding carboxylic acids is 1. The van der Waals surface area contributed by atoms with Crippen molar-refractivity contribution in [3.05, 3.63) is 23.5 Å². The molecule has 11 heavy (non-hydrogen) atoms. The lowest BCUT2D eigenvalue weighted by Crippen LogP contribution is -2.12. The van der Waals surface area contributed by atoms with E-state index in [1.165, 1.54) is 0 Å². The molecule has 1 aromatic rings. The van der Waals surface area contributed by atoms with Crippen molar-refractivity contribution in [2.24, 2.45) is 0 Å². The van der Waals surface area contributed by atoms with E-state index in [9.17, 15) is 4.79 Å². The number of aromatic amines is 1. The number of aromatic nitrogens is 1. The summed E-state index contributed by atoms with van der Waals surface area (Å²) in [5, 5.41) is 0. The summed E-state index contributed by atoms with van der Waals surface area (Å²) in [6.07, 6.45) is 2.66. The van der Waals surface area contributed by atoms with Gasteiger partial charge in [0.25, 0.3) is 0 Å². The summed E-state index contributed by atoms with van der Waals surface area (Å²) in [5.41, 5.74) is 1.82. The maximum absolute atomic E-state index is 10.5. The van der Waals surface area contributed by atoms with E-state index in [0.717, 1.165) is 11.8 Å². The fourth-order valence-corrected chi connectivity index (χ4v) is 1.13. The third-order valence-electron chi connectivity index (χ3n) is 1.70. The molecule has 0 radical (unpaired) electrons. The van der Waals surface area contributed by atoms with Gasteiger partial charge in [0.1, 0.15) is 0 Å². The van der Waals surface area contributed by atoms with E-state index >= 15 is 0 Å². The van der Waals surface area contributed by atoms with E-state index in [1.807, 2.05) is 6.07 Å². The van der Waals surface area contributed by atoms with Crippen LogP contribution in [-0.4, -0.2) is 11.3 Å². The van der Waals surface area contributed by atoms with Crippen LogP contribution >= 0.6 is 0 Å². The molecule has 2 nitrogen and oxygen atoms in total. The van der Waals surface area contributed by atoms with Crippen LogP contribution in [0.2, 0.25) is 0 Å². The van der Waals surface area contributed by atoms with E-state index in [1.54, 1.807) is 6.20 Å². The van der Waals surface area contributed by atoms with Gasteiger partial charge in [0.15, 0.2) is 6.29 Å². The number of hydrogen-bond acceptors (Lipinski definition) is 1. The van der Waals surface area contributed by atoms with Crippen molar-refractivity contribution in [1.29, 1.82) is 0 Å². The van der Waals surface area contributed by atoms with Gasteiger partial charge < -0.3 is 4.98 Å². The van der Waals surface area contributed by atoms with Gasteiger partial charge in [-0.15, -0.1) is 0 Å². The maximum atomic E-state index is 10.5. The zero-order valence-corrected chi connectivity index (χ0v) is 7.14. The summed E-state index contributed by atoms with van der Waals surface area (Å²) < 4.78 is 0. The van der Waals surface area contributed by atoms with E-state index in [4.69, 9.17) is 0 Å². The molecule has 1 rings (SSSR count). The zero-order valence-electron chi connectivity index (χ0n) is 7.14. The van der Waals surface area contributed by atoms with Crippen molar-refractivity contribution < 1.29 is 4.79 Å². The van der Waals surface area contributed by atoms with Crippen LogP contribution in [0.5, 0.6) is 0 Å². The Kier molecular flexibility index (Phi) is 1.85. The van der Waals surface area contributed by atoms with E-state index in [2.05, 4.69) is 25.8 Å². The van der Waals surface area contributed by atoms with Gasteiger partial charge in [0.05, 0.1) is 5.69 Å². The fraction of sp³-hybridized carbons (Fsp3) is 0.444. The van der Waals surface area contributed by atoms with Crippen LogP contribution in [0, 0.1) is 0 Å². The molecule has 0 saturated carbocycles. The molecule has 1 aromatic heterocycles. The van der Waals surface area contributed by atoms with Crippen molar-refractivity contribution in [2.45, 2.75) is 26.2 Å².